The van der Waals surface area contributed by atoms with Gasteiger partial charge < -0.3 is 19.6 Å². The monoisotopic (exact) mass is 411 g/mol. The fraction of sp³-hybridized carbons (Fsp3) is 0.609. The predicted molar refractivity (Wildman–Crippen MR) is 118 cm³/mol. The SMILES string of the molecule is CCC(CC)COC(O)C(C#N)c1nc2ccccc2nc1N1CCN(CC)CC1. The molecule has 0 saturated carbocycles. The Balaban J connectivity index is 1.92. The summed E-state index contributed by atoms with van der Waals surface area (Å²) in [6, 6.07) is 9.88. The van der Waals surface area contributed by atoms with E-state index in [1.165, 1.54) is 0 Å². The van der Waals surface area contributed by atoms with E-state index in [0.29, 0.717) is 24.0 Å². The van der Waals surface area contributed by atoms with E-state index in [0.717, 1.165) is 56.6 Å². The Morgan fingerprint density at radius 3 is 2.27 bits per heavy atom. The summed E-state index contributed by atoms with van der Waals surface area (Å²) >= 11 is 0. The zero-order chi connectivity index (χ0) is 21.5. The maximum absolute atomic E-state index is 10.7. The third-order valence-corrected chi connectivity index (χ3v) is 6.07. The Morgan fingerprint density at radius 2 is 1.70 bits per heavy atom. The number of likely N-dealkylation sites (N-methyl/N-ethyl adjacent to an activating group) is 1. The second kappa shape index (κ2) is 10.7. The molecule has 30 heavy (non-hydrogen) atoms. The van der Waals surface area contributed by atoms with Gasteiger partial charge in [-0.1, -0.05) is 45.7 Å². The molecule has 0 spiro atoms. The van der Waals surface area contributed by atoms with Gasteiger partial charge in [-0.3, -0.25) is 0 Å². The first-order chi connectivity index (χ1) is 14.6. The van der Waals surface area contributed by atoms with Crippen molar-refractivity contribution in [1.82, 2.24) is 14.9 Å². The van der Waals surface area contributed by atoms with Crippen LogP contribution in [0.5, 0.6) is 0 Å². The normalized spacial score (nSPS) is 17.3. The number of benzene rings is 1. The molecule has 1 aromatic carbocycles. The minimum absolute atomic E-state index is 0.364. The summed E-state index contributed by atoms with van der Waals surface area (Å²) in [6.45, 7) is 11.3. The van der Waals surface area contributed by atoms with Crippen LogP contribution in [-0.2, 0) is 4.74 Å². The van der Waals surface area contributed by atoms with E-state index in [4.69, 9.17) is 14.7 Å². The van der Waals surface area contributed by atoms with E-state index in [1.807, 2.05) is 24.3 Å². The molecule has 1 saturated heterocycles. The molecule has 1 aliphatic heterocycles. The number of rotatable bonds is 9. The van der Waals surface area contributed by atoms with Gasteiger partial charge in [-0.2, -0.15) is 5.26 Å². The average molecular weight is 412 g/mol. The number of hydrogen-bond donors (Lipinski definition) is 1. The first-order valence-electron chi connectivity index (χ1n) is 11.0. The molecular weight excluding hydrogens is 378 g/mol. The second-order valence-corrected chi connectivity index (χ2v) is 7.86. The van der Waals surface area contributed by atoms with Crippen LogP contribution >= 0.6 is 0 Å². The molecule has 2 unspecified atom stereocenters. The van der Waals surface area contributed by atoms with Crippen LogP contribution in [0.15, 0.2) is 24.3 Å². The number of piperazine rings is 1. The molecule has 1 N–H and O–H groups in total. The van der Waals surface area contributed by atoms with Crippen molar-refractivity contribution >= 4 is 16.9 Å². The number of hydrogen-bond acceptors (Lipinski definition) is 7. The summed E-state index contributed by atoms with van der Waals surface area (Å²) in [6.07, 6.45) is 0.716. The molecule has 162 valence electrons. The highest BCUT2D eigenvalue weighted by molar-refractivity contribution is 5.77. The van der Waals surface area contributed by atoms with Crippen LogP contribution in [0, 0.1) is 17.2 Å². The van der Waals surface area contributed by atoms with Crippen molar-refractivity contribution in [2.45, 2.75) is 45.8 Å². The van der Waals surface area contributed by atoms with Crippen LogP contribution in [0.4, 0.5) is 5.82 Å². The van der Waals surface area contributed by atoms with Crippen molar-refractivity contribution in [1.29, 1.82) is 5.26 Å². The number of nitrogens with zero attached hydrogens (tertiary/aromatic N) is 5. The largest absolute Gasteiger partial charge is 0.366 e. The van der Waals surface area contributed by atoms with Gasteiger partial charge in [-0.25, -0.2) is 9.97 Å². The van der Waals surface area contributed by atoms with Gasteiger partial charge in [0.1, 0.15) is 11.6 Å². The molecule has 0 bridgehead atoms. The highest BCUT2D eigenvalue weighted by Gasteiger charge is 2.31. The van der Waals surface area contributed by atoms with Crippen molar-refractivity contribution < 1.29 is 9.84 Å². The van der Waals surface area contributed by atoms with Crippen molar-refractivity contribution in [3.63, 3.8) is 0 Å². The van der Waals surface area contributed by atoms with Gasteiger partial charge in [0, 0.05) is 26.2 Å². The molecule has 0 aliphatic carbocycles. The number of para-hydroxylation sites is 2. The van der Waals surface area contributed by atoms with E-state index >= 15 is 0 Å². The third kappa shape index (κ3) is 5.07. The fourth-order valence-electron chi connectivity index (χ4n) is 3.84. The zero-order valence-electron chi connectivity index (χ0n) is 18.3. The third-order valence-electron chi connectivity index (χ3n) is 6.07. The summed E-state index contributed by atoms with van der Waals surface area (Å²) in [5, 5.41) is 20.7. The molecule has 7 heteroatoms. The molecule has 2 heterocycles. The maximum Gasteiger partial charge on any atom is 0.176 e. The predicted octanol–water partition coefficient (Wildman–Crippen LogP) is 3.15. The Kier molecular flexibility index (Phi) is 7.97. The molecule has 1 aromatic heterocycles. The van der Waals surface area contributed by atoms with E-state index in [2.05, 4.69) is 36.6 Å². The molecule has 7 nitrogen and oxygen atoms in total. The number of fused-ring (bicyclic) bond motifs is 1. The molecular formula is C23H33N5O2. The van der Waals surface area contributed by atoms with Crippen LogP contribution in [0.3, 0.4) is 0 Å². The number of aliphatic hydroxyl groups excluding tert-OH is 1. The molecule has 1 fully saturated rings. The molecule has 0 radical (unpaired) electrons. The van der Waals surface area contributed by atoms with Crippen LogP contribution in [0.25, 0.3) is 11.0 Å². The van der Waals surface area contributed by atoms with E-state index < -0.39 is 12.2 Å². The lowest BCUT2D eigenvalue weighted by Gasteiger charge is -2.36. The fourth-order valence-corrected chi connectivity index (χ4v) is 3.84. The molecule has 2 atom stereocenters. The van der Waals surface area contributed by atoms with Gasteiger partial charge in [0.15, 0.2) is 12.1 Å². The second-order valence-electron chi connectivity index (χ2n) is 7.86. The summed E-state index contributed by atoms with van der Waals surface area (Å²) in [5.41, 5.74) is 2.01. The van der Waals surface area contributed by atoms with Crippen LogP contribution in [0.1, 0.15) is 45.2 Å². The van der Waals surface area contributed by atoms with E-state index in [1.54, 1.807) is 0 Å². The molecule has 0 amide bonds. The number of anilines is 1. The van der Waals surface area contributed by atoms with Gasteiger partial charge >= 0.3 is 0 Å². The van der Waals surface area contributed by atoms with Gasteiger partial charge in [-0.15, -0.1) is 0 Å². The summed E-state index contributed by atoms with van der Waals surface area (Å²) in [7, 11) is 0. The average Bonchev–Trinajstić information content (AvgIpc) is 2.80. The summed E-state index contributed by atoms with van der Waals surface area (Å²) in [5.74, 6) is 0.153. The highest BCUT2D eigenvalue weighted by atomic mass is 16.6. The Hall–Kier alpha value is -2.27. The number of aliphatic hydroxyl groups is 1. The Morgan fingerprint density at radius 1 is 1.07 bits per heavy atom. The number of aromatic nitrogens is 2. The topological polar surface area (TPSA) is 85.5 Å². The van der Waals surface area contributed by atoms with Gasteiger partial charge in [0.2, 0.25) is 0 Å². The lowest BCUT2D eigenvalue weighted by Crippen LogP contribution is -2.47. The van der Waals surface area contributed by atoms with Crippen LogP contribution < -0.4 is 4.90 Å². The van der Waals surface area contributed by atoms with Gasteiger partial charge in [-0.05, 0) is 24.6 Å². The lowest BCUT2D eigenvalue weighted by molar-refractivity contribution is -0.116. The van der Waals surface area contributed by atoms with Crippen molar-refractivity contribution in [2.75, 3.05) is 44.2 Å². The lowest BCUT2D eigenvalue weighted by atomic mass is 10.0. The Labute approximate surface area is 179 Å². The smallest absolute Gasteiger partial charge is 0.176 e. The molecule has 1 aliphatic rings. The summed E-state index contributed by atoms with van der Waals surface area (Å²) < 4.78 is 5.72. The van der Waals surface area contributed by atoms with Crippen molar-refractivity contribution in [2.24, 2.45) is 5.92 Å². The minimum Gasteiger partial charge on any atom is -0.366 e. The van der Waals surface area contributed by atoms with Gasteiger partial charge in [0.05, 0.1) is 23.7 Å². The standard InChI is InChI=1S/C23H33N5O2/c1-4-17(5-2)16-30-23(29)18(15-24)21-22(28-13-11-27(6-3)12-14-28)26-20-10-8-7-9-19(20)25-21/h7-10,17-18,23,29H,4-6,11-14,16H2,1-3H3. The van der Waals surface area contributed by atoms with Gasteiger partial charge in [0.25, 0.3) is 0 Å². The molecule has 2 aromatic rings. The van der Waals surface area contributed by atoms with Crippen LogP contribution in [0.2, 0.25) is 0 Å². The highest BCUT2D eigenvalue weighted by Crippen LogP contribution is 2.30. The zero-order valence-corrected chi connectivity index (χ0v) is 18.3. The molecule has 3 rings (SSSR count). The maximum atomic E-state index is 10.7. The quantitative estimate of drug-likeness (QED) is 0.634. The van der Waals surface area contributed by atoms with Crippen molar-refractivity contribution in [3.8, 4) is 6.07 Å². The van der Waals surface area contributed by atoms with E-state index in [9.17, 15) is 10.4 Å². The summed E-state index contributed by atoms with van der Waals surface area (Å²) in [4.78, 5) is 14.2. The van der Waals surface area contributed by atoms with Crippen molar-refractivity contribution in [3.05, 3.63) is 30.0 Å². The van der Waals surface area contributed by atoms with E-state index in [-0.39, 0.29) is 0 Å². The number of ether oxygens (including phenoxy) is 1. The number of nitriles is 1. The Bertz CT molecular complexity index is 856. The minimum atomic E-state index is -1.23. The first kappa shape index (κ1) is 22.4. The first-order valence-corrected chi connectivity index (χ1v) is 11.0. The van der Waals surface area contributed by atoms with Crippen LogP contribution in [-0.4, -0.2) is 65.6 Å².